The lowest BCUT2D eigenvalue weighted by molar-refractivity contribution is 0.0720. The molecule has 1 amide bonds. The molecule has 0 unspecified atom stereocenters. The average Bonchev–Trinajstić information content (AvgIpc) is 2.72. The highest BCUT2D eigenvalue weighted by atomic mass is 16.6. The molecule has 2 aliphatic rings. The first-order chi connectivity index (χ1) is 8.31. The Hall–Kier alpha value is -0.730. The summed E-state index contributed by atoms with van der Waals surface area (Å²) < 4.78 is 5.49. The maximum Gasteiger partial charge on any atom is 0.407 e. The molecule has 0 radical (unpaired) electrons. The van der Waals surface area contributed by atoms with E-state index in [0.29, 0.717) is 5.92 Å². The van der Waals surface area contributed by atoms with Gasteiger partial charge in [0, 0.05) is 0 Å². The van der Waals surface area contributed by atoms with Crippen molar-refractivity contribution in [2.24, 2.45) is 5.92 Å². The molecule has 0 spiro atoms. The molecule has 1 saturated carbocycles. The number of hydrogen-bond acceptors (Lipinski definition) is 2. The summed E-state index contributed by atoms with van der Waals surface area (Å²) in [6, 6.07) is 0.275. The van der Waals surface area contributed by atoms with Crippen molar-refractivity contribution >= 4 is 6.09 Å². The molecular formula is C14H25NO2. The molecule has 3 nitrogen and oxygen atoms in total. The quantitative estimate of drug-likeness (QED) is 0.744. The molecule has 0 bridgehead atoms. The van der Waals surface area contributed by atoms with Gasteiger partial charge in [-0.25, -0.2) is 4.79 Å². The summed E-state index contributed by atoms with van der Waals surface area (Å²) in [5.74, 6) is 0.606. The summed E-state index contributed by atoms with van der Waals surface area (Å²) in [6.07, 6.45) is 11.2. The SMILES string of the molecule is CCCCC[C@@H]1NC(=O)O[C@H]1C1CCCCC1. The van der Waals surface area contributed by atoms with Gasteiger partial charge in [-0.2, -0.15) is 0 Å². The maximum absolute atomic E-state index is 11.4. The van der Waals surface area contributed by atoms with E-state index in [-0.39, 0.29) is 18.2 Å². The molecule has 1 heterocycles. The molecule has 1 aliphatic heterocycles. The van der Waals surface area contributed by atoms with Crippen molar-refractivity contribution < 1.29 is 9.53 Å². The highest BCUT2D eigenvalue weighted by Crippen LogP contribution is 2.32. The molecule has 2 fully saturated rings. The van der Waals surface area contributed by atoms with Crippen molar-refractivity contribution in [1.82, 2.24) is 5.32 Å². The van der Waals surface area contributed by atoms with Gasteiger partial charge < -0.3 is 10.1 Å². The van der Waals surface area contributed by atoms with Gasteiger partial charge in [0.05, 0.1) is 6.04 Å². The van der Waals surface area contributed by atoms with Crippen molar-refractivity contribution in [1.29, 1.82) is 0 Å². The Morgan fingerprint density at radius 1 is 1.24 bits per heavy atom. The number of hydrogen-bond donors (Lipinski definition) is 1. The predicted octanol–water partition coefficient (Wildman–Crippen LogP) is 3.62. The number of cyclic esters (lactones) is 1. The van der Waals surface area contributed by atoms with Crippen molar-refractivity contribution in [3.8, 4) is 0 Å². The molecule has 1 N–H and O–H groups in total. The van der Waals surface area contributed by atoms with Gasteiger partial charge >= 0.3 is 6.09 Å². The second-order valence-corrected chi connectivity index (χ2v) is 5.51. The first kappa shape index (κ1) is 12.7. The first-order valence-electron chi connectivity index (χ1n) is 7.28. The van der Waals surface area contributed by atoms with Crippen LogP contribution in [0.1, 0.15) is 64.7 Å². The Balaban J connectivity index is 1.86. The fourth-order valence-corrected chi connectivity index (χ4v) is 3.21. The maximum atomic E-state index is 11.4. The van der Waals surface area contributed by atoms with E-state index in [1.807, 2.05) is 0 Å². The van der Waals surface area contributed by atoms with Crippen LogP contribution in [0.15, 0.2) is 0 Å². The molecule has 98 valence electrons. The second-order valence-electron chi connectivity index (χ2n) is 5.51. The zero-order valence-corrected chi connectivity index (χ0v) is 10.9. The van der Waals surface area contributed by atoms with Gasteiger partial charge in [-0.1, -0.05) is 45.4 Å². The largest absolute Gasteiger partial charge is 0.444 e. The molecule has 0 aromatic rings. The number of carbonyl (C=O) groups is 1. The van der Waals surface area contributed by atoms with Crippen molar-refractivity contribution in [2.75, 3.05) is 0 Å². The number of nitrogens with one attached hydrogen (secondary N) is 1. The van der Waals surface area contributed by atoms with Gasteiger partial charge in [0.25, 0.3) is 0 Å². The molecule has 1 aliphatic carbocycles. The molecule has 3 heteroatoms. The molecule has 1 saturated heterocycles. The Morgan fingerprint density at radius 3 is 2.71 bits per heavy atom. The van der Waals surface area contributed by atoms with Gasteiger partial charge in [0.1, 0.15) is 6.10 Å². The van der Waals surface area contributed by atoms with Crippen molar-refractivity contribution in [3.63, 3.8) is 0 Å². The number of amides is 1. The summed E-state index contributed by atoms with van der Waals surface area (Å²) in [4.78, 5) is 11.4. The average molecular weight is 239 g/mol. The minimum Gasteiger partial charge on any atom is -0.444 e. The van der Waals surface area contributed by atoms with Crippen LogP contribution in [0.4, 0.5) is 4.79 Å². The van der Waals surface area contributed by atoms with Crippen LogP contribution in [-0.4, -0.2) is 18.2 Å². The molecule has 0 aromatic heterocycles. The van der Waals surface area contributed by atoms with Crippen LogP contribution in [0, 0.1) is 5.92 Å². The van der Waals surface area contributed by atoms with Gasteiger partial charge in [-0.3, -0.25) is 0 Å². The minimum atomic E-state index is -0.193. The monoisotopic (exact) mass is 239 g/mol. The minimum absolute atomic E-state index is 0.152. The van der Waals surface area contributed by atoms with E-state index in [0.717, 1.165) is 6.42 Å². The normalized spacial score (nSPS) is 30.1. The number of rotatable bonds is 5. The van der Waals surface area contributed by atoms with E-state index in [2.05, 4.69) is 12.2 Å². The van der Waals surface area contributed by atoms with Crippen molar-refractivity contribution in [2.45, 2.75) is 76.9 Å². The van der Waals surface area contributed by atoms with Crippen molar-refractivity contribution in [3.05, 3.63) is 0 Å². The van der Waals surface area contributed by atoms with Crippen LogP contribution in [0.3, 0.4) is 0 Å². The summed E-state index contributed by atoms with van der Waals surface area (Å²) in [7, 11) is 0. The number of alkyl carbamates (subject to hydrolysis) is 1. The Bertz CT molecular complexity index is 249. The molecule has 17 heavy (non-hydrogen) atoms. The van der Waals surface area contributed by atoms with E-state index in [1.54, 1.807) is 0 Å². The van der Waals surface area contributed by atoms with Crippen LogP contribution >= 0.6 is 0 Å². The van der Waals surface area contributed by atoms with E-state index in [1.165, 1.54) is 51.4 Å². The summed E-state index contributed by atoms with van der Waals surface area (Å²) in [5.41, 5.74) is 0. The van der Waals surface area contributed by atoms with Gasteiger partial charge in [-0.05, 0) is 25.2 Å². The topological polar surface area (TPSA) is 38.3 Å². The standard InChI is InChI=1S/C14H25NO2/c1-2-3-5-10-12-13(17-14(16)15-12)11-8-6-4-7-9-11/h11-13H,2-10H2,1H3,(H,15,16)/t12-,13-/m0/s1. The van der Waals surface area contributed by atoms with E-state index < -0.39 is 0 Å². The third-order valence-corrected chi connectivity index (χ3v) is 4.18. The van der Waals surface area contributed by atoms with Crippen LogP contribution in [0.5, 0.6) is 0 Å². The zero-order valence-electron chi connectivity index (χ0n) is 10.9. The second kappa shape index (κ2) is 6.27. The summed E-state index contributed by atoms with van der Waals surface area (Å²) in [5, 5.41) is 3.00. The smallest absolute Gasteiger partial charge is 0.407 e. The lowest BCUT2D eigenvalue weighted by atomic mass is 9.82. The molecule has 2 rings (SSSR count). The van der Waals surface area contributed by atoms with Gasteiger partial charge in [0.15, 0.2) is 0 Å². The summed E-state index contributed by atoms with van der Waals surface area (Å²) >= 11 is 0. The highest BCUT2D eigenvalue weighted by Gasteiger charge is 2.39. The summed E-state index contributed by atoms with van der Waals surface area (Å²) in [6.45, 7) is 2.21. The van der Waals surface area contributed by atoms with Gasteiger partial charge in [-0.15, -0.1) is 0 Å². The number of unbranched alkanes of at least 4 members (excludes halogenated alkanes) is 2. The van der Waals surface area contributed by atoms with Crippen LogP contribution in [0.2, 0.25) is 0 Å². The van der Waals surface area contributed by atoms with Gasteiger partial charge in [0.2, 0.25) is 0 Å². The Morgan fingerprint density at radius 2 is 2.00 bits per heavy atom. The lowest BCUT2D eigenvalue weighted by Gasteiger charge is -2.29. The zero-order chi connectivity index (χ0) is 12.1. The number of carbonyl (C=O) groups excluding carboxylic acids is 1. The van der Waals surface area contributed by atoms with Crippen LogP contribution in [0.25, 0.3) is 0 Å². The first-order valence-corrected chi connectivity index (χ1v) is 7.28. The van der Waals surface area contributed by atoms with E-state index >= 15 is 0 Å². The molecule has 2 atom stereocenters. The van der Waals surface area contributed by atoms with Crippen LogP contribution in [-0.2, 0) is 4.74 Å². The van der Waals surface area contributed by atoms with E-state index in [9.17, 15) is 4.79 Å². The van der Waals surface area contributed by atoms with E-state index in [4.69, 9.17) is 4.74 Å². The fourth-order valence-electron chi connectivity index (χ4n) is 3.21. The Kier molecular flexibility index (Phi) is 4.69. The third kappa shape index (κ3) is 3.36. The predicted molar refractivity (Wildman–Crippen MR) is 67.9 cm³/mol. The third-order valence-electron chi connectivity index (χ3n) is 4.18. The van der Waals surface area contributed by atoms with Crippen LogP contribution < -0.4 is 5.32 Å². The number of ether oxygens (including phenoxy) is 1. The molecular weight excluding hydrogens is 214 g/mol. The Labute approximate surface area is 104 Å². The highest BCUT2D eigenvalue weighted by molar-refractivity contribution is 5.70. The lowest BCUT2D eigenvalue weighted by Crippen LogP contribution is -2.37. The fraction of sp³-hybridized carbons (Fsp3) is 0.929. The molecule has 0 aromatic carbocycles.